The number of hydrogen-bond donors (Lipinski definition) is 1. The minimum absolute atomic E-state index is 0.0737. The topological polar surface area (TPSA) is 75.2 Å². The third kappa shape index (κ3) is 6.14. The summed E-state index contributed by atoms with van der Waals surface area (Å²) in [5.74, 6) is -1.67. The van der Waals surface area contributed by atoms with Crippen molar-refractivity contribution in [2.75, 3.05) is 18.4 Å². The molecule has 1 heterocycles. The summed E-state index contributed by atoms with van der Waals surface area (Å²) >= 11 is 3.28. The number of anilines is 1. The van der Waals surface area contributed by atoms with Crippen molar-refractivity contribution >= 4 is 33.7 Å². The van der Waals surface area contributed by atoms with Crippen LogP contribution < -0.4 is 5.32 Å². The summed E-state index contributed by atoms with van der Waals surface area (Å²) in [7, 11) is 0. The van der Waals surface area contributed by atoms with E-state index in [0.717, 1.165) is 16.9 Å². The van der Waals surface area contributed by atoms with Gasteiger partial charge < -0.3 is 4.90 Å². The van der Waals surface area contributed by atoms with Gasteiger partial charge in [0.05, 0.1) is 18.6 Å². The van der Waals surface area contributed by atoms with Crippen LogP contribution in [-0.4, -0.2) is 45.9 Å². The molecule has 1 atom stereocenters. The first-order valence-electron chi connectivity index (χ1n) is 7.81. The van der Waals surface area contributed by atoms with Gasteiger partial charge in [-0.3, -0.25) is 14.9 Å². The number of aromatic nitrogens is 2. The van der Waals surface area contributed by atoms with Crippen molar-refractivity contribution in [3.05, 3.63) is 52.5 Å². The molecule has 1 aromatic carbocycles. The van der Waals surface area contributed by atoms with Crippen molar-refractivity contribution < 1.29 is 18.4 Å². The summed E-state index contributed by atoms with van der Waals surface area (Å²) in [6.45, 7) is 1.15. The third-order valence-electron chi connectivity index (χ3n) is 3.38. The van der Waals surface area contributed by atoms with Gasteiger partial charge in [0, 0.05) is 16.6 Å². The van der Waals surface area contributed by atoms with E-state index in [1.54, 1.807) is 24.3 Å². The van der Waals surface area contributed by atoms with E-state index in [-0.39, 0.29) is 25.5 Å². The first-order chi connectivity index (χ1) is 12.3. The Labute approximate surface area is 157 Å². The maximum Gasteiger partial charge on any atom is 0.254 e. The van der Waals surface area contributed by atoms with Crippen LogP contribution in [0.4, 0.5) is 14.7 Å². The second-order valence-electron chi connectivity index (χ2n) is 5.58. The molecule has 0 aliphatic rings. The molecule has 1 N–H and O–H groups in total. The number of nitrogens with zero attached hydrogens (tertiary/aromatic N) is 3. The summed E-state index contributed by atoms with van der Waals surface area (Å²) in [6, 6.07) is 6.63. The molecule has 2 aromatic rings. The lowest BCUT2D eigenvalue weighted by Gasteiger charge is -2.22. The van der Waals surface area contributed by atoms with Gasteiger partial charge in [-0.1, -0.05) is 15.9 Å². The molecule has 0 radical (unpaired) electrons. The Morgan fingerprint density at radius 2 is 1.85 bits per heavy atom. The first-order valence-corrected chi connectivity index (χ1v) is 8.60. The standard InChI is InChI=1S/C17H17BrF2N4O2/c1-11(19)6-7-24(16(26)12-2-4-13(18)5-3-12)10-15(25)23-17-21-8-14(20)9-22-17/h2-5,8-9,11H,6-7,10H2,1H3,(H,21,22,23,25). The van der Waals surface area contributed by atoms with Crippen molar-refractivity contribution in [2.24, 2.45) is 0 Å². The molecular formula is C17H17BrF2N4O2. The first kappa shape index (κ1) is 19.9. The van der Waals surface area contributed by atoms with Gasteiger partial charge >= 0.3 is 0 Å². The lowest BCUT2D eigenvalue weighted by molar-refractivity contribution is -0.117. The van der Waals surface area contributed by atoms with E-state index in [0.29, 0.717) is 5.56 Å². The molecule has 0 aliphatic heterocycles. The van der Waals surface area contributed by atoms with E-state index in [9.17, 15) is 18.4 Å². The second kappa shape index (κ2) is 9.33. The molecule has 0 aliphatic carbocycles. The van der Waals surface area contributed by atoms with Gasteiger partial charge in [-0.25, -0.2) is 18.7 Å². The number of alkyl halides is 1. The fourth-order valence-corrected chi connectivity index (χ4v) is 2.34. The van der Waals surface area contributed by atoms with Crippen LogP contribution in [0.2, 0.25) is 0 Å². The molecule has 2 rings (SSSR count). The van der Waals surface area contributed by atoms with Crippen LogP contribution in [-0.2, 0) is 4.79 Å². The number of nitrogens with one attached hydrogen (secondary N) is 1. The van der Waals surface area contributed by atoms with Crippen LogP contribution in [0.5, 0.6) is 0 Å². The summed E-state index contributed by atoms with van der Waals surface area (Å²) in [4.78, 5) is 33.3. The zero-order valence-electron chi connectivity index (χ0n) is 14.0. The van der Waals surface area contributed by atoms with E-state index in [1.807, 2.05) is 0 Å². The van der Waals surface area contributed by atoms with Crippen molar-refractivity contribution in [3.63, 3.8) is 0 Å². The van der Waals surface area contributed by atoms with Gasteiger partial charge in [0.2, 0.25) is 11.9 Å². The summed E-state index contributed by atoms with van der Waals surface area (Å²) in [5.41, 5.74) is 0.380. The van der Waals surface area contributed by atoms with Gasteiger partial charge in [-0.15, -0.1) is 0 Å². The predicted molar refractivity (Wildman–Crippen MR) is 95.9 cm³/mol. The number of amides is 2. The van der Waals surface area contributed by atoms with Gasteiger partial charge in [0.15, 0.2) is 5.82 Å². The molecule has 26 heavy (non-hydrogen) atoms. The number of carbonyl (C=O) groups excluding carboxylic acids is 2. The lowest BCUT2D eigenvalue weighted by Crippen LogP contribution is -2.39. The highest BCUT2D eigenvalue weighted by Gasteiger charge is 2.20. The molecule has 0 fully saturated rings. The number of benzene rings is 1. The number of carbonyl (C=O) groups is 2. The van der Waals surface area contributed by atoms with Crippen LogP contribution in [0.15, 0.2) is 41.1 Å². The summed E-state index contributed by atoms with van der Waals surface area (Å²) in [5, 5.41) is 2.38. The molecule has 2 amide bonds. The highest BCUT2D eigenvalue weighted by molar-refractivity contribution is 9.10. The fraction of sp³-hybridized carbons (Fsp3) is 0.294. The Morgan fingerprint density at radius 1 is 1.23 bits per heavy atom. The second-order valence-corrected chi connectivity index (χ2v) is 6.49. The van der Waals surface area contributed by atoms with Crippen molar-refractivity contribution in [2.45, 2.75) is 19.5 Å². The average molecular weight is 427 g/mol. The Kier molecular flexibility index (Phi) is 7.14. The number of hydrogen-bond acceptors (Lipinski definition) is 4. The fourth-order valence-electron chi connectivity index (χ4n) is 2.08. The van der Waals surface area contributed by atoms with Crippen molar-refractivity contribution in [3.8, 4) is 0 Å². The summed E-state index contributed by atoms with van der Waals surface area (Å²) < 4.78 is 26.8. The van der Waals surface area contributed by atoms with E-state index < -0.39 is 23.8 Å². The monoisotopic (exact) mass is 426 g/mol. The molecule has 6 nitrogen and oxygen atoms in total. The zero-order chi connectivity index (χ0) is 19.1. The van der Waals surface area contributed by atoms with Crippen molar-refractivity contribution in [1.82, 2.24) is 14.9 Å². The van der Waals surface area contributed by atoms with E-state index in [4.69, 9.17) is 0 Å². The molecule has 1 aromatic heterocycles. The normalized spacial score (nSPS) is 11.7. The van der Waals surface area contributed by atoms with Crippen LogP contribution in [0.3, 0.4) is 0 Å². The molecule has 9 heteroatoms. The molecule has 0 saturated heterocycles. The molecule has 1 unspecified atom stereocenters. The zero-order valence-corrected chi connectivity index (χ0v) is 15.5. The third-order valence-corrected chi connectivity index (χ3v) is 3.91. The van der Waals surface area contributed by atoms with Gasteiger partial charge in [-0.2, -0.15) is 0 Å². The average Bonchev–Trinajstić information content (AvgIpc) is 2.60. The van der Waals surface area contributed by atoms with Crippen LogP contribution >= 0.6 is 15.9 Å². The Morgan fingerprint density at radius 3 is 2.42 bits per heavy atom. The largest absolute Gasteiger partial charge is 0.329 e. The minimum atomic E-state index is -1.11. The summed E-state index contributed by atoms with van der Waals surface area (Å²) in [6.07, 6.45) is 0.817. The lowest BCUT2D eigenvalue weighted by atomic mass is 10.2. The van der Waals surface area contributed by atoms with Crippen LogP contribution in [0.25, 0.3) is 0 Å². The minimum Gasteiger partial charge on any atom is -0.329 e. The van der Waals surface area contributed by atoms with Crippen molar-refractivity contribution in [1.29, 1.82) is 0 Å². The number of halogens is 3. The van der Waals surface area contributed by atoms with Crippen LogP contribution in [0.1, 0.15) is 23.7 Å². The Bertz CT molecular complexity index is 754. The highest BCUT2D eigenvalue weighted by atomic mass is 79.9. The van der Waals surface area contributed by atoms with Gasteiger partial charge in [-0.05, 0) is 37.6 Å². The van der Waals surface area contributed by atoms with Gasteiger partial charge in [0.25, 0.3) is 5.91 Å². The molecule has 0 saturated carbocycles. The maximum absolute atomic E-state index is 13.2. The predicted octanol–water partition coefficient (Wildman–Crippen LogP) is 3.21. The van der Waals surface area contributed by atoms with Gasteiger partial charge in [0.1, 0.15) is 6.54 Å². The molecular weight excluding hydrogens is 410 g/mol. The van der Waals surface area contributed by atoms with E-state index >= 15 is 0 Å². The van der Waals surface area contributed by atoms with Crippen LogP contribution in [0, 0.1) is 5.82 Å². The van der Waals surface area contributed by atoms with E-state index in [2.05, 4.69) is 31.2 Å². The molecule has 138 valence electrons. The Balaban J connectivity index is 2.07. The van der Waals surface area contributed by atoms with E-state index in [1.165, 1.54) is 11.8 Å². The maximum atomic E-state index is 13.2. The highest BCUT2D eigenvalue weighted by Crippen LogP contribution is 2.13. The Hall–Kier alpha value is -2.42. The quantitative estimate of drug-likeness (QED) is 0.737. The SMILES string of the molecule is CC(F)CCN(CC(=O)Nc1ncc(F)cn1)C(=O)c1ccc(Br)cc1. The number of rotatable bonds is 7. The molecule has 0 bridgehead atoms. The smallest absolute Gasteiger partial charge is 0.254 e. The molecule has 0 spiro atoms.